The summed E-state index contributed by atoms with van der Waals surface area (Å²) in [6.07, 6.45) is 1.40. The highest BCUT2D eigenvalue weighted by Gasteiger charge is 2.28. The molecule has 152 valence electrons. The third-order valence-corrected chi connectivity index (χ3v) is 8.41. The third-order valence-electron chi connectivity index (χ3n) is 5.28. The van der Waals surface area contributed by atoms with Crippen molar-refractivity contribution in [2.45, 2.75) is 41.2 Å². The zero-order valence-electron chi connectivity index (χ0n) is 16.1. The number of sulfone groups is 1. The van der Waals surface area contributed by atoms with Gasteiger partial charge in [-0.05, 0) is 42.7 Å². The molecule has 0 fully saturated rings. The van der Waals surface area contributed by atoms with E-state index in [2.05, 4.69) is 5.32 Å². The first-order valence-corrected chi connectivity index (χ1v) is 12.1. The van der Waals surface area contributed by atoms with Gasteiger partial charge in [0.15, 0.2) is 9.84 Å². The van der Waals surface area contributed by atoms with Crippen LogP contribution in [0.2, 0.25) is 0 Å². The summed E-state index contributed by atoms with van der Waals surface area (Å²) < 4.78 is 25.7. The zero-order valence-corrected chi connectivity index (χ0v) is 17.7. The average molecular weight is 431 g/mol. The number of hydrogen-bond donors (Lipinski definition) is 1. The van der Waals surface area contributed by atoms with Gasteiger partial charge in [0.05, 0.1) is 21.6 Å². The van der Waals surface area contributed by atoms with Gasteiger partial charge in [-0.25, -0.2) is 8.42 Å². The first-order chi connectivity index (χ1) is 13.9. The molecule has 2 aromatic carbocycles. The average Bonchev–Trinajstić information content (AvgIpc) is 3.15. The summed E-state index contributed by atoms with van der Waals surface area (Å²) in [5, 5.41) is 2.60. The Morgan fingerprint density at radius 1 is 1.24 bits per heavy atom. The lowest BCUT2D eigenvalue weighted by molar-refractivity contribution is -0.118. The van der Waals surface area contributed by atoms with E-state index in [1.807, 2.05) is 31.2 Å². The molecule has 4 rings (SSSR count). The van der Waals surface area contributed by atoms with Crippen molar-refractivity contribution in [3.8, 4) is 0 Å². The highest BCUT2D eigenvalue weighted by Crippen LogP contribution is 2.38. The molecule has 8 heteroatoms. The molecule has 2 amide bonds. The molecule has 1 unspecified atom stereocenters. The predicted molar refractivity (Wildman–Crippen MR) is 114 cm³/mol. The quantitative estimate of drug-likeness (QED) is 0.787. The van der Waals surface area contributed by atoms with Gasteiger partial charge in [0.2, 0.25) is 11.8 Å². The van der Waals surface area contributed by atoms with Crippen molar-refractivity contribution in [1.29, 1.82) is 0 Å². The predicted octanol–water partition coefficient (Wildman–Crippen LogP) is 3.26. The minimum atomic E-state index is -3.61. The Balaban J connectivity index is 1.47. The summed E-state index contributed by atoms with van der Waals surface area (Å²) in [6, 6.07) is 12.4. The fraction of sp³-hybridized carbons (Fsp3) is 0.333. The highest BCUT2D eigenvalue weighted by molar-refractivity contribution is 8.01. The van der Waals surface area contributed by atoms with Gasteiger partial charge < -0.3 is 10.2 Å². The Labute approximate surface area is 174 Å². The van der Waals surface area contributed by atoms with Crippen LogP contribution in [0.15, 0.2) is 52.3 Å². The van der Waals surface area contributed by atoms with E-state index in [-0.39, 0.29) is 34.1 Å². The number of anilines is 2. The second kappa shape index (κ2) is 7.84. The second-order valence-corrected chi connectivity index (χ2v) is 10.5. The number of nitrogens with zero attached hydrogens (tertiary/aromatic N) is 1. The Kier molecular flexibility index (Phi) is 5.40. The number of para-hydroxylation sites is 1. The molecule has 2 heterocycles. The number of nitrogens with one attached hydrogen (secondary N) is 1. The van der Waals surface area contributed by atoms with Crippen LogP contribution in [0.5, 0.6) is 0 Å². The summed E-state index contributed by atoms with van der Waals surface area (Å²) in [5.41, 5.74) is 2.62. The van der Waals surface area contributed by atoms with Crippen LogP contribution in [-0.2, 0) is 25.8 Å². The maximum Gasteiger partial charge on any atom is 0.237 e. The van der Waals surface area contributed by atoms with E-state index >= 15 is 0 Å². The first kappa shape index (κ1) is 20.0. The van der Waals surface area contributed by atoms with E-state index in [0.717, 1.165) is 22.6 Å². The molecule has 0 bridgehead atoms. The highest BCUT2D eigenvalue weighted by atomic mass is 32.2. The van der Waals surface area contributed by atoms with Crippen LogP contribution in [0.4, 0.5) is 11.4 Å². The van der Waals surface area contributed by atoms with Gasteiger partial charge in [0.25, 0.3) is 0 Å². The number of fused-ring (bicyclic) bond motifs is 2. The number of thioether (sulfide) groups is 1. The lowest BCUT2D eigenvalue weighted by atomic mass is 10.2. The van der Waals surface area contributed by atoms with Crippen LogP contribution in [0, 0.1) is 0 Å². The van der Waals surface area contributed by atoms with Crippen molar-refractivity contribution in [2.75, 3.05) is 22.5 Å². The van der Waals surface area contributed by atoms with Crippen LogP contribution in [-0.4, -0.2) is 37.8 Å². The van der Waals surface area contributed by atoms with E-state index in [9.17, 15) is 18.0 Å². The fourth-order valence-corrected chi connectivity index (χ4v) is 6.06. The van der Waals surface area contributed by atoms with E-state index in [1.165, 1.54) is 17.8 Å². The number of rotatable bonds is 5. The Morgan fingerprint density at radius 3 is 2.83 bits per heavy atom. The summed E-state index contributed by atoms with van der Waals surface area (Å²) in [7, 11) is -3.61. The summed E-state index contributed by atoms with van der Waals surface area (Å²) in [5.74, 6) is -0.474. The smallest absolute Gasteiger partial charge is 0.237 e. The standard InChI is InChI=1S/C21H22N2O4S2/c1-2-18-21(25)22-16-8-7-15(13-19(16)28-18)29(26,27)12-10-20(24)23-11-9-14-5-3-4-6-17(14)23/h3-8,13,18H,2,9-12H2,1H3,(H,22,25). The number of amides is 2. The zero-order chi connectivity index (χ0) is 20.6. The van der Waals surface area contributed by atoms with Crippen molar-refractivity contribution in [1.82, 2.24) is 0 Å². The topological polar surface area (TPSA) is 83.6 Å². The molecule has 1 N–H and O–H groups in total. The van der Waals surface area contributed by atoms with Crippen LogP contribution in [0.25, 0.3) is 0 Å². The lowest BCUT2D eigenvalue weighted by Gasteiger charge is -2.23. The number of hydrogen-bond acceptors (Lipinski definition) is 5. The van der Waals surface area contributed by atoms with Gasteiger partial charge in [0.1, 0.15) is 0 Å². The van der Waals surface area contributed by atoms with Crippen molar-refractivity contribution in [3.05, 3.63) is 48.0 Å². The molecule has 2 aliphatic heterocycles. The minimum absolute atomic E-state index is 0.0582. The van der Waals surface area contributed by atoms with Crippen LogP contribution >= 0.6 is 11.8 Å². The van der Waals surface area contributed by atoms with Crippen molar-refractivity contribution < 1.29 is 18.0 Å². The van der Waals surface area contributed by atoms with Crippen LogP contribution in [0.3, 0.4) is 0 Å². The summed E-state index contributed by atoms with van der Waals surface area (Å²) in [4.78, 5) is 27.2. The molecule has 0 saturated heterocycles. The Hall–Kier alpha value is -2.32. The molecule has 0 aromatic heterocycles. The van der Waals surface area contributed by atoms with E-state index in [1.54, 1.807) is 17.0 Å². The van der Waals surface area contributed by atoms with E-state index in [4.69, 9.17) is 0 Å². The van der Waals surface area contributed by atoms with Crippen molar-refractivity contribution in [2.24, 2.45) is 0 Å². The van der Waals surface area contributed by atoms with Crippen molar-refractivity contribution >= 4 is 44.8 Å². The SMILES string of the molecule is CCC1Sc2cc(S(=O)(=O)CCC(=O)N3CCc4ccccc43)ccc2NC1=O. The largest absolute Gasteiger partial charge is 0.324 e. The third kappa shape index (κ3) is 3.91. The molecule has 2 aliphatic rings. The second-order valence-electron chi connectivity index (χ2n) is 7.15. The first-order valence-electron chi connectivity index (χ1n) is 9.61. The molecule has 1 atom stereocenters. The van der Waals surface area contributed by atoms with Gasteiger partial charge in [-0.1, -0.05) is 25.1 Å². The van der Waals surface area contributed by atoms with Gasteiger partial charge in [-0.3, -0.25) is 9.59 Å². The summed E-state index contributed by atoms with van der Waals surface area (Å²) >= 11 is 1.38. The van der Waals surface area contributed by atoms with E-state index in [0.29, 0.717) is 18.7 Å². The lowest BCUT2D eigenvalue weighted by Crippen LogP contribution is -2.30. The van der Waals surface area contributed by atoms with Gasteiger partial charge in [-0.2, -0.15) is 0 Å². The van der Waals surface area contributed by atoms with Crippen LogP contribution < -0.4 is 10.2 Å². The molecule has 29 heavy (non-hydrogen) atoms. The van der Waals surface area contributed by atoms with Gasteiger partial charge in [0, 0.05) is 23.5 Å². The van der Waals surface area contributed by atoms with Crippen LogP contribution in [0.1, 0.15) is 25.3 Å². The van der Waals surface area contributed by atoms with Gasteiger partial charge >= 0.3 is 0 Å². The normalized spacial score (nSPS) is 18.2. The van der Waals surface area contributed by atoms with Gasteiger partial charge in [-0.15, -0.1) is 11.8 Å². The maximum atomic E-state index is 12.8. The summed E-state index contributed by atoms with van der Waals surface area (Å²) in [6.45, 7) is 2.51. The Bertz CT molecular complexity index is 1080. The molecular formula is C21H22N2O4S2. The molecule has 0 radical (unpaired) electrons. The molecule has 0 saturated carbocycles. The fourth-order valence-electron chi connectivity index (χ4n) is 3.66. The van der Waals surface area contributed by atoms with E-state index < -0.39 is 9.84 Å². The molecule has 6 nitrogen and oxygen atoms in total. The monoisotopic (exact) mass is 430 g/mol. The molecule has 0 spiro atoms. The van der Waals surface area contributed by atoms with Crippen molar-refractivity contribution in [3.63, 3.8) is 0 Å². The minimum Gasteiger partial charge on any atom is -0.324 e. The number of carbonyl (C=O) groups excluding carboxylic acids is 2. The number of carbonyl (C=O) groups is 2. The number of benzene rings is 2. The molecule has 0 aliphatic carbocycles. The Morgan fingerprint density at radius 2 is 2.03 bits per heavy atom. The molecule has 2 aromatic rings. The maximum absolute atomic E-state index is 12.8. The molecular weight excluding hydrogens is 408 g/mol.